The zero-order valence-electron chi connectivity index (χ0n) is 34.7. The van der Waals surface area contributed by atoms with Crippen molar-refractivity contribution >= 4 is 54.4 Å². The number of likely N-dealkylation sites (tertiary alicyclic amines) is 1. The Hall–Kier alpha value is -4.02. The number of nitrogens with zero attached hydrogens (tertiary/aromatic N) is 5. The number of carboxylic acid groups (broad SMARTS) is 4. The Morgan fingerprint density at radius 1 is 0.644 bits per heavy atom. The van der Waals surface area contributed by atoms with E-state index >= 15 is 0 Å². The Balaban J connectivity index is 1.91. The first-order valence-corrected chi connectivity index (χ1v) is 20.6. The first kappa shape index (κ1) is 51.1. The standard InChI is InChI=1S/C38H65BN6O14/c1-26(2)30(36(54)40-27(3)37(55)45-13-7-10-32(45)39(58)59)22-29(47)9-6-4-5-8-28(46)11-12-31(38(56)57)44-20-18-42(24-34(50)51)16-14-41(23-33(48)49)15-17-43(19-21-44)25-35(52)53/h26-27,30-32,58-59H,4-25H2,1-3H3,(H,40,54)(H,48,49)(H,50,51)(H,52,53)(H,56,57)/t27-,30+,31?,32+/m1/s1. The van der Waals surface area contributed by atoms with E-state index in [0.29, 0.717) is 38.6 Å². The van der Waals surface area contributed by atoms with Crippen LogP contribution in [0.2, 0.25) is 0 Å². The minimum absolute atomic E-state index is 0.0244. The van der Waals surface area contributed by atoms with Crippen molar-refractivity contribution in [3.05, 3.63) is 0 Å². The molecule has 2 fully saturated rings. The van der Waals surface area contributed by atoms with Gasteiger partial charge in [0.2, 0.25) is 11.8 Å². The van der Waals surface area contributed by atoms with E-state index in [1.807, 2.05) is 13.8 Å². The van der Waals surface area contributed by atoms with E-state index in [9.17, 15) is 68.8 Å². The summed E-state index contributed by atoms with van der Waals surface area (Å²) < 4.78 is 0. The van der Waals surface area contributed by atoms with Gasteiger partial charge in [0.1, 0.15) is 23.7 Å². The number of carbonyl (C=O) groups is 8. The minimum atomic E-state index is -1.68. The van der Waals surface area contributed by atoms with Crippen LogP contribution < -0.4 is 5.32 Å². The molecule has 0 spiro atoms. The number of ketones is 2. The number of carbonyl (C=O) groups excluding carboxylic acids is 4. The van der Waals surface area contributed by atoms with Gasteiger partial charge in [-0.25, -0.2) is 0 Å². The third kappa shape index (κ3) is 19.3. The van der Waals surface area contributed by atoms with Gasteiger partial charge in [0.15, 0.2) is 0 Å². The highest BCUT2D eigenvalue weighted by Crippen LogP contribution is 2.21. The van der Waals surface area contributed by atoms with Gasteiger partial charge in [-0.2, -0.15) is 0 Å². The number of amides is 2. The number of carboxylic acids is 4. The molecule has 0 saturated carbocycles. The lowest BCUT2D eigenvalue weighted by atomic mass is 9.78. The van der Waals surface area contributed by atoms with E-state index in [1.165, 1.54) is 11.8 Å². The molecule has 20 nitrogen and oxygen atoms in total. The van der Waals surface area contributed by atoms with E-state index in [2.05, 4.69) is 5.32 Å². The fourth-order valence-electron chi connectivity index (χ4n) is 7.60. The maximum atomic E-state index is 13.1. The van der Waals surface area contributed by atoms with E-state index in [1.54, 1.807) is 19.6 Å². The molecule has 4 atom stereocenters. The number of Topliss-reactive ketones (excluding diaryl/α,β-unsaturated/α-hetero) is 2. The number of hydrogen-bond donors (Lipinski definition) is 7. The summed E-state index contributed by atoms with van der Waals surface area (Å²) in [5, 5.41) is 60.4. The van der Waals surface area contributed by atoms with Crippen molar-refractivity contribution in [3.63, 3.8) is 0 Å². The van der Waals surface area contributed by atoms with Gasteiger partial charge in [0, 0.05) is 90.5 Å². The molecule has 334 valence electrons. The average molecular weight is 841 g/mol. The van der Waals surface area contributed by atoms with Crippen LogP contribution >= 0.6 is 0 Å². The summed E-state index contributed by atoms with van der Waals surface area (Å²) in [6.07, 6.45) is 2.82. The van der Waals surface area contributed by atoms with E-state index in [-0.39, 0.29) is 122 Å². The molecular formula is C38H65BN6O14. The predicted molar refractivity (Wildman–Crippen MR) is 213 cm³/mol. The second-order valence-electron chi connectivity index (χ2n) is 16.0. The summed E-state index contributed by atoms with van der Waals surface area (Å²) in [6, 6.07) is -2.03. The van der Waals surface area contributed by atoms with Crippen LogP contribution in [0.3, 0.4) is 0 Å². The topological polar surface area (TPSA) is 286 Å². The summed E-state index contributed by atoms with van der Waals surface area (Å²) in [6.45, 7) is 5.74. The Morgan fingerprint density at radius 3 is 1.56 bits per heavy atom. The molecule has 2 saturated heterocycles. The van der Waals surface area contributed by atoms with E-state index in [4.69, 9.17) is 0 Å². The van der Waals surface area contributed by atoms with Gasteiger partial charge in [0.25, 0.3) is 0 Å². The molecule has 1 unspecified atom stereocenters. The summed E-state index contributed by atoms with van der Waals surface area (Å²) in [7, 11) is -1.68. The largest absolute Gasteiger partial charge is 0.480 e. The van der Waals surface area contributed by atoms with Crippen LogP contribution in [0.15, 0.2) is 0 Å². The summed E-state index contributed by atoms with van der Waals surface area (Å²) in [4.78, 5) is 107. The van der Waals surface area contributed by atoms with Crippen LogP contribution in [0, 0.1) is 11.8 Å². The quantitative estimate of drug-likeness (QED) is 0.0451. The van der Waals surface area contributed by atoms with Crippen molar-refractivity contribution in [3.8, 4) is 0 Å². The molecule has 0 aromatic carbocycles. The zero-order chi connectivity index (χ0) is 44.2. The highest BCUT2D eigenvalue weighted by molar-refractivity contribution is 6.43. The lowest BCUT2D eigenvalue weighted by Crippen LogP contribution is -2.53. The molecule has 0 aliphatic carbocycles. The van der Waals surface area contributed by atoms with Gasteiger partial charge < -0.3 is 40.7 Å². The smallest absolute Gasteiger partial charge is 0.475 e. The SMILES string of the molecule is CC(C)[C@H](CC(=O)CCCCCC(=O)CCC(C(=O)O)N1CCN(CC(=O)O)CCN(CC(=O)O)CCN(CC(=O)O)CC1)C(=O)N[C@H](C)C(=O)N1CCC[C@H]1B(O)O. The van der Waals surface area contributed by atoms with E-state index < -0.39 is 66.8 Å². The summed E-state index contributed by atoms with van der Waals surface area (Å²) in [5.74, 6) is -7.23. The van der Waals surface area contributed by atoms with Gasteiger partial charge >= 0.3 is 31.0 Å². The minimum Gasteiger partial charge on any atom is -0.480 e. The monoisotopic (exact) mass is 840 g/mol. The Bertz CT molecular complexity index is 1400. The first-order valence-electron chi connectivity index (χ1n) is 20.6. The predicted octanol–water partition coefficient (Wildman–Crippen LogP) is -1.05. The van der Waals surface area contributed by atoms with Crippen LogP contribution in [0.5, 0.6) is 0 Å². The fraction of sp³-hybridized carbons (Fsp3) is 0.789. The molecule has 2 aliphatic rings. The fourth-order valence-corrected chi connectivity index (χ4v) is 7.60. The van der Waals surface area contributed by atoms with Crippen molar-refractivity contribution in [1.29, 1.82) is 0 Å². The zero-order valence-corrected chi connectivity index (χ0v) is 34.7. The van der Waals surface area contributed by atoms with E-state index in [0.717, 1.165) is 0 Å². The average Bonchev–Trinajstić information content (AvgIpc) is 3.64. The molecule has 0 aromatic heterocycles. The van der Waals surface area contributed by atoms with Crippen molar-refractivity contribution < 1.29 is 68.8 Å². The Morgan fingerprint density at radius 2 is 1.12 bits per heavy atom. The molecule has 7 N–H and O–H groups in total. The molecule has 0 radical (unpaired) electrons. The number of unbranched alkanes of at least 4 members (excludes halogenated alkanes) is 2. The second-order valence-corrected chi connectivity index (χ2v) is 16.0. The molecule has 21 heteroatoms. The molecule has 0 bridgehead atoms. The third-order valence-corrected chi connectivity index (χ3v) is 11.0. The molecular weight excluding hydrogens is 775 g/mol. The lowest BCUT2D eigenvalue weighted by Gasteiger charge is -2.35. The van der Waals surface area contributed by atoms with Gasteiger partial charge in [0.05, 0.1) is 25.6 Å². The maximum Gasteiger partial charge on any atom is 0.475 e. The normalized spacial score (nSPS) is 19.6. The number of rotatable bonds is 24. The van der Waals surface area contributed by atoms with Crippen LogP contribution in [-0.2, 0) is 38.4 Å². The van der Waals surface area contributed by atoms with Crippen LogP contribution in [-0.4, -0.2) is 206 Å². The number of aliphatic carboxylic acids is 4. The number of hydrogen-bond acceptors (Lipinski definition) is 14. The molecule has 2 aliphatic heterocycles. The van der Waals surface area contributed by atoms with Crippen LogP contribution in [0.4, 0.5) is 0 Å². The van der Waals surface area contributed by atoms with Gasteiger partial charge in [-0.15, -0.1) is 0 Å². The third-order valence-electron chi connectivity index (χ3n) is 11.0. The summed E-state index contributed by atoms with van der Waals surface area (Å²) in [5.41, 5.74) is 0. The Kier molecular flexibility index (Phi) is 22.7. The van der Waals surface area contributed by atoms with Crippen molar-refractivity contribution in [1.82, 2.24) is 29.8 Å². The van der Waals surface area contributed by atoms with Gasteiger partial charge in [-0.05, 0) is 44.9 Å². The second kappa shape index (κ2) is 26.2. The van der Waals surface area contributed by atoms with Crippen LogP contribution in [0.25, 0.3) is 0 Å². The lowest BCUT2D eigenvalue weighted by molar-refractivity contribution is -0.145. The van der Waals surface area contributed by atoms with Crippen molar-refractivity contribution in [2.75, 3.05) is 78.5 Å². The highest BCUT2D eigenvalue weighted by atomic mass is 16.4. The maximum absolute atomic E-state index is 13.1. The summed E-state index contributed by atoms with van der Waals surface area (Å²) >= 11 is 0. The van der Waals surface area contributed by atoms with Crippen molar-refractivity contribution in [2.45, 2.75) is 103 Å². The molecule has 2 rings (SSSR count). The first-order chi connectivity index (χ1) is 27.8. The number of nitrogens with one attached hydrogen (secondary N) is 1. The van der Waals surface area contributed by atoms with Gasteiger partial charge in [-0.3, -0.25) is 58.0 Å². The van der Waals surface area contributed by atoms with Crippen molar-refractivity contribution in [2.24, 2.45) is 11.8 Å². The molecule has 2 amide bonds. The Labute approximate surface area is 346 Å². The van der Waals surface area contributed by atoms with Crippen LogP contribution in [0.1, 0.15) is 85.0 Å². The molecule has 59 heavy (non-hydrogen) atoms. The van der Waals surface area contributed by atoms with Gasteiger partial charge in [-0.1, -0.05) is 20.3 Å². The highest BCUT2D eigenvalue weighted by Gasteiger charge is 2.39. The molecule has 0 aromatic rings. The molecule has 2 heterocycles.